The van der Waals surface area contributed by atoms with E-state index < -0.39 is 0 Å². The van der Waals surface area contributed by atoms with Crippen LogP contribution in [-0.4, -0.2) is 37.7 Å². The average Bonchev–Trinajstić information content (AvgIpc) is 2.44. The molecule has 0 spiro atoms. The Balaban J connectivity index is 2.94. The van der Waals surface area contributed by atoms with Gasteiger partial charge in [0.1, 0.15) is 0 Å². The first kappa shape index (κ1) is 16.7. The highest BCUT2D eigenvalue weighted by Gasteiger charge is 2.16. The number of anilines is 2. The van der Waals surface area contributed by atoms with E-state index >= 15 is 0 Å². The Morgan fingerprint density at radius 3 is 2.65 bits per heavy atom. The van der Waals surface area contributed by atoms with Gasteiger partial charge in [0.25, 0.3) is 0 Å². The number of rotatable bonds is 7. The third-order valence-corrected chi connectivity index (χ3v) is 4.01. The van der Waals surface area contributed by atoms with Gasteiger partial charge in [0.05, 0.1) is 23.5 Å². The second-order valence-corrected chi connectivity index (χ2v) is 5.53. The van der Waals surface area contributed by atoms with Gasteiger partial charge in [-0.15, -0.1) is 0 Å². The molecule has 20 heavy (non-hydrogen) atoms. The zero-order valence-electron chi connectivity index (χ0n) is 12.7. The highest BCUT2D eigenvalue weighted by atomic mass is 32.2. The number of esters is 1. The van der Waals surface area contributed by atoms with Crippen molar-refractivity contribution in [2.45, 2.75) is 26.3 Å². The van der Waals surface area contributed by atoms with Crippen LogP contribution in [0.1, 0.15) is 30.6 Å². The number of carbonyl (C=O) groups is 1. The maximum absolute atomic E-state index is 11.7. The minimum atomic E-state index is -0.329. The van der Waals surface area contributed by atoms with Crippen molar-refractivity contribution in [3.63, 3.8) is 0 Å². The number of nitrogens with zero attached hydrogens (tertiary/aromatic N) is 1. The molecular formula is C15H24N2O2S. The van der Waals surface area contributed by atoms with Crippen molar-refractivity contribution < 1.29 is 9.53 Å². The van der Waals surface area contributed by atoms with Gasteiger partial charge in [0.15, 0.2) is 0 Å². The van der Waals surface area contributed by atoms with Gasteiger partial charge in [-0.05, 0) is 37.8 Å². The first-order valence-corrected chi connectivity index (χ1v) is 8.22. The number of hydrogen-bond acceptors (Lipinski definition) is 5. The van der Waals surface area contributed by atoms with Crippen molar-refractivity contribution in [3.8, 4) is 0 Å². The van der Waals surface area contributed by atoms with Crippen LogP contribution < -0.4 is 10.6 Å². The molecule has 0 saturated heterocycles. The lowest BCUT2D eigenvalue weighted by Gasteiger charge is -2.30. The Hall–Kier alpha value is -1.36. The first-order chi connectivity index (χ1) is 9.54. The predicted octanol–water partition coefficient (Wildman–Crippen LogP) is 3.02. The van der Waals surface area contributed by atoms with E-state index in [1.54, 1.807) is 19.1 Å². The zero-order valence-corrected chi connectivity index (χ0v) is 13.5. The smallest absolute Gasteiger partial charge is 0.338 e. The fraction of sp³-hybridized carbons (Fsp3) is 0.533. The lowest BCUT2D eigenvalue weighted by atomic mass is 10.1. The van der Waals surface area contributed by atoms with Crippen LogP contribution in [0, 0.1) is 0 Å². The molecule has 2 N–H and O–H groups in total. The molecule has 4 nitrogen and oxygen atoms in total. The van der Waals surface area contributed by atoms with Crippen LogP contribution in [0.2, 0.25) is 0 Å². The molecule has 1 aromatic rings. The maximum Gasteiger partial charge on any atom is 0.338 e. The minimum Gasteiger partial charge on any atom is -0.462 e. The van der Waals surface area contributed by atoms with E-state index in [9.17, 15) is 4.79 Å². The Morgan fingerprint density at radius 1 is 1.45 bits per heavy atom. The van der Waals surface area contributed by atoms with Crippen LogP contribution in [0.5, 0.6) is 0 Å². The largest absolute Gasteiger partial charge is 0.462 e. The molecule has 1 aromatic carbocycles. The van der Waals surface area contributed by atoms with Crippen molar-refractivity contribution in [1.82, 2.24) is 0 Å². The number of carbonyl (C=O) groups excluding carboxylic acids is 1. The van der Waals surface area contributed by atoms with Crippen LogP contribution in [0.25, 0.3) is 0 Å². The van der Waals surface area contributed by atoms with E-state index in [0.717, 1.165) is 17.9 Å². The molecule has 0 aliphatic heterocycles. The van der Waals surface area contributed by atoms with Gasteiger partial charge >= 0.3 is 5.97 Å². The molecule has 0 aromatic heterocycles. The molecule has 112 valence electrons. The van der Waals surface area contributed by atoms with Crippen molar-refractivity contribution in [2.75, 3.05) is 36.3 Å². The lowest BCUT2D eigenvalue weighted by Crippen LogP contribution is -2.33. The molecule has 1 rings (SSSR count). The van der Waals surface area contributed by atoms with Crippen LogP contribution in [-0.2, 0) is 4.74 Å². The van der Waals surface area contributed by atoms with E-state index in [0.29, 0.717) is 23.9 Å². The number of benzene rings is 1. The van der Waals surface area contributed by atoms with Gasteiger partial charge in [-0.2, -0.15) is 11.8 Å². The summed E-state index contributed by atoms with van der Waals surface area (Å²) >= 11 is 1.82. The highest BCUT2D eigenvalue weighted by molar-refractivity contribution is 7.98. The minimum absolute atomic E-state index is 0.329. The van der Waals surface area contributed by atoms with Gasteiger partial charge in [-0.1, -0.05) is 6.92 Å². The molecule has 0 bridgehead atoms. The van der Waals surface area contributed by atoms with Gasteiger partial charge in [0, 0.05) is 18.8 Å². The summed E-state index contributed by atoms with van der Waals surface area (Å²) in [6, 6.07) is 5.78. The van der Waals surface area contributed by atoms with Crippen molar-refractivity contribution in [1.29, 1.82) is 0 Å². The number of nitrogens with two attached hydrogens (primary N) is 1. The van der Waals surface area contributed by atoms with Crippen LogP contribution >= 0.6 is 11.8 Å². The van der Waals surface area contributed by atoms with E-state index in [1.807, 2.05) is 24.9 Å². The monoisotopic (exact) mass is 296 g/mol. The van der Waals surface area contributed by atoms with Crippen LogP contribution in [0.3, 0.4) is 0 Å². The fourth-order valence-corrected chi connectivity index (χ4v) is 2.95. The van der Waals surface area contributed by atoms with E-state index in [1.165, 1.54) is 0 Å². The number of nitrogen functional groups attached to an aromatic ring is 1. The Labute approximate surface area is 125 Å². The molecular weight excluding hydrogens is 272 g/mol. The number of ether oxygens (including phenoxy) is 1. The molecule has 0 fully saturated rings. The summed E-state index contributed by atoms with van der Waals surface area (Å²) in [7, 11) is 2.04. The summed E-state index contributed by atoms with van der Waals surface area (Å²) in [4.78, 5) is 13.9. The van der Waals surface area contributed by atoms with Gasteiger partial charge < -0.3 is 15.4 Å². The Bertz CT molecular complexity index is 451. The van der Waals surface area contributed by atoms with E-state index in [-0.39, 0.29) is 5.97 Å². The van der Waals surface area contributed by atoms with Gasteiger partial charge in [-0.3, -0.25) is 0 Å². The Morgan fingerprint density at radius 2 is 2.15 bits per heavy atom. The lowest BCUT2D eigenvalue weighted by molar-refractivity contribution is 0.0526. The second-order valence-electron chi connectivity index (χ2n) is 4.62. The topological polar surface area (TPSA) is 55.6 Å². The second kappa shape index (κ2) is 8.04. The third kappa shape index (κ3) is 4.07. The van der Waals surface area contributed by atoms with Gasteiger partial charge in [0.2, 0.25) is 0 Å². The molecule has 5 heteroatoms. The maximum atomic E-state index is 11.7. The summed E-state index contributed by atoms with van der Waals surface area (Å²) in [5.74, 6) is 0.719. The number of hydrogen-bond donors (Lipinski definition) is 1. The van der Waals surface area contributed by atoms with E-state index in [4.69, 9.17) is 10.5 Å². The summed E-state index contributed by atoms with van der Waals surface area (Å²) in [6.07, 6.45) is 3.15. The zero-order chi connectivity index (χ0) is 15.1. The molecule has 1 atom stereocenters. The summed E-state index contributed by atoms with van der Waals surface area (Å²) < 4.78 is 4.98. The summed E-state index contributed by atoms with van der Waals surface area (Å²) in [6.45, 7) is 4.32. The molecule has 0 aliphatic rings. The summed E-state index contributed by atoms with van der Waals surface area (Å²) in [5.41, 5.74) is 8.15. The quantitative estimate of drug-likeness (QED) is 0.619. The fourth-order valence-electron chi connectivity index (χ4n) is 2.11. The third-order valence-electron chi connectivity index (χ3n) is 3.30. The van der Waals surface area contributed by atoms with Crippen molar-refractivity contribution >= 4 is 29.1 Å². The molecule has 1 unspecified atom stereocenters. The van der Waals surface area contributed by atoms with Crippen molar-refractivity contribution in [2.24, 2.45) is 0 Å². The summed E-state index contributed by atoms with van der Waals surface area (Å²) in [5, 5.41) is 0. The molecule has 0 radical (unpaired) electrons. The van der Waals surface area contributed by atoms with Crippen LogP contribution in [0.15, 0.2) is 18.2 Å². The predicted molar refractivity (Wildman–Crippen MR) is 87.7 cm³/mol. The molecule has 0 amide bonds. The molecule has 0 aliphatic carbocycles. The number of thioether (sulfide) groups is 1. The van der Waals surface area contributed by atoms with Gasteiger partial charge in [-0.25, -0.2) is 4.79 Å². The Kier molecular flexibility index (Phi) is 6.71. The van der Waals surface area contributed by atoms with Crippen LogP contribution in [0.4, 0.5) is 11.4 Å². The molecule has 0 heterocycles. The SMILES string of the molecule is CCOC(=O)c1ccc(N(C)C(CC)CSC)c(N)c1. The van der Waals surface area contributed by atoms with E-state index in [2.05, 4.69) is 18.1 Å². The standard InChI is InChI=1S/C15H24N2O2S/c1-5-12(10-20-4)17(3)14-8-7-11(9-13(14)16)15(18)19-6-2/h7-9,12H,5-6,10,16H2,1-4H3. The highest BCUT2D eigenvalue weighted by Crippen LogP contribution is 2.27. The first-order valence-electron chi connectivity index (χ1n) is 6.83. The normalized spacial score (nSPS) is 12.0. The van der Waals surface area contributed by atoms with Crippen molar-refractivity contribution in [3.05, 3.63) is 23.8 Å². The molecule has 0 saturated carbocycles. The average molecular weight is 296 g/mol.